The molecule has 8 rings (SSSR count). The average Bonchev–Trinajstić information content (AvgIpc) is 4.13. The molecule has 3 saturated carbocycles. The molecule has 3 aromatic rings. The normalized spacial score (nSPS) is 25.1. The Morgan fingerprint density at radius 1 is 0.983 bits per heavy atom. The smallest absolute Gasteiger partial charge is 0.240 e. The summed E-state index contributed by atoms with van der Waals surface area (Å²) in [6.45, 7) is 5.35. The number of carbonyl (C=O) groups is 4. The number of aromatic nitrogens is 1. The van der Waals surface area contributed by atoms with E-state index in [-0.39, 0.29) is 55.7 Å². The summed E-state index contributed by atoms with van der Waals surface area (Å²) in [6, 6.07) is 16.2. The van der Waals surface area contributed by atoms with E-state index < -0.39 is 44.7 Å². The first kappa shape index (κ1) is 41.0. The zero-order chi connectivity index (χ0) is 41.3. The van der Waals surface area contributed by atoms with E-state index in [0.717, 1.165) is 55.9 Å². The maximum Gasteiger partial charge on any atom is 0.240 e. The molecule has 2 aromatic carbocycles. The predicted octanol–water partition coefficient (Wildman–Crippen LogP) is 6.62. The number of ether oxygens (including phenoxy) is 2. The number of benzene rings is 2. The SMILES string of the molecule is C=CC1C[C@]1(CC(=O)[C@@H]1C[C@@H](Oc2cc(-c3ccccc3)nc3cc(OC)ccc23)CN1C(=O)C[C@@H](CC1CCCC1)C(=O)N1CCCCC1)C(=O)NS(=O)(=O)C1CC1. The standard InChI is InChI=1S/C46H56N4O8S/c1-3-33-27-46(33,45(54)48-59(55,56)36-17-18-36)28-41(51)40-25-35(58-42-26-38(31-14-6-4-7-15-31)47-39-24-34(57-2)16-19-37(39)42)29-50(40)43(52)23-32(22-30-12-8-9-13-30)44(53)49-20-10-5-11-21-49/h3-4,6-7,14-16,19,24,26,30,32-33,35-36,40H,1,5,8-13,17-18,20-23,25,27-29H2,2H3,(H,48,54)/t32-,33?,35-,40+,46-/m1/s1. The molecular weight excluding hydrogens is 769 g/mol. The fourth-order valence-electron chi connectivity index (χ4n) is 9.73. The number of nitrogens with one attached hydrogen (secondary N) is 1. The number of carbonyl (C=O) groups excluding carboxylic acids is 4. The molecule has 2 saturated heterocycles. The van der Waals surface area contributed by atoms with E-state index in [0.29, 0.717) is 61.0 Å². The number of methoxy groups -OCH3 is 1. The molecule has 12 nitrogen and oxygen atoms in total. The second-order valence-electron chi connectivity index (χ2n) is 17.5. The third kappa shape index (κ3) is 8.90. The van der Waals surface area contributed by atoms with Gasteiger partial charge in [-0.2, -0.15) is 0 Å². The van der Waals surface area contributed by atoms with E-state index in [1.807, 2.05) is 59.5 Å². The van der Waals surface area contributed by atoms with Gasteiger partial charge in [0.05, 0.1) is 41.6 Å². The topological polar surface area (TPSA) is 152 Å². The molecule has 0 radical (unpaired) electrons. The molecule has 1 aromatic heterocycles. The summed E-state index contributed by atoms with van der Waals surface area (Å²) in [6.07, 6.45) is 10.1. The van der Waals surface area contributed by atoms with Gasteiger partial charge in [-0.05, 0) is 68.9 Å². The minimum atomic E-state index is -3.85. The molecule has 2 aliphatic heterocycles. The fraction of sp³-hybridized carbons (Fsp3) is 0.543. The van der Waals surface area contributed by atoms with Gasteiger partial charge in [-0.15, -0.1) is 6.58 Å². The lowest BCUT2D eigenvalue weighted by Gasteiger charge is -2.32. The van der Waals surface area contributed by atoms with Crippen molar-refractivity contribution in [3.05, 3.63) is 67.3 Å². The van der Waals surface area contributed by atoms with Crippen molar-refractivity contribution in [2.45, 2.75) is 107 Å². The number of nitrogens with zero attached hydrogens (tertiary/aromatic N) is 3. The van der Waals surface area contributed by atoms with Crippen LogP contribution in [0.1, 0.15) is 89.9 Å². The number of allylic oxidation sites excluding steroid dienone is 1. The molecular formula is C46H56N4O8S. The Hall–Kier alpha value is -4.78. The highest BCUT2D eigenvalue weighted by atomic mass is 32.2. The molecule has 1 unspecified atom stereocenters. The Morgan fingerprint density at radius 2 is 1.73 bits per heavy atom. The van der Waals surface area contributed by atoms with Crippen molar-refractivity contribution < 1.29 is 37.1 Å². The summed E-state index contributed by atoms with van der Waals surface area (Å²) in [4.78, 5) is 65.6. The first-order valence-corrected chi connectivity index (χ1v) is 23.0. The molecule has 5 atom stereocenters. The molecule has 5 fully saturated rings. The first-order chi connectivity index (χ1) is 28.5. The van der Waals surface area contributed by atoms with Gasteiger partial charge in [0.1, 0.15) is 17.6 Å². The van der Waals surface area contributed by atoms with Crippen LogP contribution in [0.2, 0.25) is 0 Å². The number of piperidine rings is 1. The van der Waals surface area contributed by atoms with Gasteiger partial charge in [-0.3, -0.25) is 23.9 Å². The Kier molecular flexibility index (Phi) is 11.9. The summed E-state index contributed by atoms with van der Waals surface area (Å²) in [5.41, 5.74) is 0.959. The molecule has 59 heavy (non-hydrogen) atoms. The number of amides is 3. The van der Waals surface area contributed by atoms with E-state index >= 15 is 0 Å². The number of hydrogen-bond donors (Lipinski definition) is 1. The van der Waals surface area contributed by atoms with Crippen molar-refractivity contribution in [1.82, 2.24) is 19.5 Å². The van der Waals surface area contributed by atoms with Gasteiger partial charge in [0.25, 0.3) is 0 Å². The Labute approximate surface area is 347 Å². The van der Waals surface area contributed by atoms with Crippen molar-refractivity contribution in [2.24, 2.45) is 23.2 Å². The van der Waals surface area contributed by atoms with E-state index in [9.17, 15) is 27.6 Å². The van der Waals surface area contributed by atoms with Crippen molar-refractivity contribution >= 4 is 44.4 Å². The van der Waals surface area contributed by atoms with Gasteiger partial charge in [0.2, 0.25) is 27.7 Å². The van der Waals surface area contributed by atoms with E-state index in [1.165, 1.54) is 0 Å². The van der Waals surface area contributed by atoms with E-state index in [2.05, 4.69) is 11.3 Å². The first-order valence-electron chi connectivity index (χ1n) is 21.5. The van der Waals surface area contributed by atoms with Crippen LogP contribution in [0, 0.1) is 23.2 Å². The maximum atomic E-state index is 14.7. The largest absolute Gasteiger partial charge is 0.497 e. The number of likely N-dealkylation sites (tertiary alicyclic amines) is 2. The van der Waals surface area contributed by atoms with Gasteiger partial charge >= 0.3 is 0 Å². The summed E-state index contributed by atoms with van der Waals surface area (Å²) >= 11 is 0. The van der Waals surface area contributed by atoms with Crippen LogP contribution in [0.4, 0.5) is 0 Å². The monoisotopic (exact) mass is 824 g/mol. The lowest BCUT2D eigenvalue weighted by atomic mass is 9.88. The van der Waals surface area contributed by atoms with Crippen molar-refractivity contribution in [1.29, 1.82) is 0 Å². The summed E-state index contributed by atoms with van der Waals surface area (Å²) in [5, 5.41) is 0.139. The van der Waals surface area contributed by atoms with Crippen LogP contribution in [0.15, 0.2) is 67.3 Å². The molecule has 1 N–H and O–H groups in total. The number of fused-ring (bicyclic) bond motifs is 1. The van der Waals surface area contributed by atoms with Gasteiger partial charge in [-0.25, -0.2) is 13.4 Å². The summed E-state index contributed by atoms with van der Waals surface area (Å²) in [5.74, 6) is -0.624. The third-order valence-corrected chi connectivity index (χ3v) is 15.2. The Balaban J connectivity index is 1.09. The predicted molar refractivity (Wildman–Crippen MR) is 224 cm³/mol. The highest BCUT2D eigenvalue weighted by molar-refractivity contribution is 7.90. The van der Waals surface area contributed by atoms with E-state index in [4.69, 9.17) is 14.5 Å². The fourth-order valence-corrected chi connectivity index (χ4v) is 11.1. The van der Waals surface area contributed by atoms with Gasteiger partial charge < -0.3 is 19.3 Å². The van der Waals surface area contributed by atoms with Crippen LogP contribution in [0.3, 0.4) is 0 Å². The van der Waals surface area contributed by atoms with Crippen molar-refractivity contribution in [3.63, 3.8) is 0 Å². The summed E-state index contributed by atoms with van der Waals surface area (Å²) < 4.78 is 40.3. The van der Waals surface area contributed by atoms with Crippen LogP contribution in [-0.4, -0.2) is 90.8 Å². The third-order valence-electron chi connectivity index (χ3n) is 13.4. The number of Topliss-reactive ketones (excluding diaryl/α,β-unsaturated/α-hetero) is 1. The number of ketones is 1. The zero-order valence-corrected chi connectivity index (χ0v) is 34.8. The van der Waals surface area contributed by atoms with Crippen LogP contribution < -0.4 is 14.2 Å². The minimum absolute atomic E-state index is 0.0149. The number of sulfonamides is 1. The maximum absolute atomic E-state index is 14.7. The number of hydrogen-bond acceptors (Lipinski definition) is 9. The van der Waals surface area contributed by atoms with Crippen LogP contribution in [-0.2, 0) is 29.2 Å². The lowest BCUT2D eigenvalue weighted by Crippen LogP contribution is -2.46. The highest BCUT2D eigenvalue weighted by Gasteiger charge is 2.61. The molecule has 13 heteroatoms. The number of rotatable bonds is 16. The Morgan fingerprint density at radius 3 is 2.41 bits per heavy atom. The van der Waals surface area contributed by atoms with E-state index in [1.54, 1.807) is 18.1 Å². The minimum Gasteiger partial charge on any atom is -0.497 e. The highest BCUT2D eigenvalue weighted by Crippen LogP contribution is 2.57. The van der Waals surface area contributed by atoms with Crippen LogP contribution in [0.5, 0.6) is 11.5 Å². The second kappa shape index (κ2) is 17.1. The Bertz CT molecular complexity index is 2200. The van der Waals surface area contributed by atoms with Gasteiger partial charge in [-0.1, -0.05) is 62.1 Å². The quantitative estimate of drug-likeness (QED) is 0.157. The van der Waals surface area contributed by atoms with Gasteiger partial charge in [0, 0.05) is 61.4 Å². The number of pyridine rings is 1. The average molecular weight is 825 g/mol. The molecule has 0 spiro atoms. The molecule has 3 amide bonds. The molecule has 3 aliphatic carbocycles. The molecule has 3 heterocycles. The molecule has 314 valence electrons. The van der Waals surface area contributed by atoms with Crippen LogP contribution >= 0.6 is 0 Å². The van der Waals surface area contributed by atoms with Crippen molar-refractivity contribution in [3.8, 4) is 22.8 Å². The lowest BCUT2D eigenvalue weighted by molar-refractivity contribution is -0.144. The van der Waals surface area contributed by atoms with Crippen LogP contribution in [0.25, 0.3) is 22.2 Å². The van der Waals surface area contributed by atoms with Gasteiger partial charge in [0.15, 0.2) is 5.78 Å². The molecule has 0 bridgehead atoms. The summed E-state index contributed by atoms with van der Waals surface area (Å²) in [7, 11) is -2.25. The molecule has 5 aliphatic rings. The zero-order valence-electron chi connectivity index (χ0n) is 34.0. The van der Waals surface area contributed by atoms with Crippen molar-refractivity contribution in [2.75, 3.05) is 26.7 Å². The second-order valence-corrected chi connectivity index (χ2v) is 19.4.